The third-order valence-electron chi connectivity index (χ3n) is 7.44. The summed E-state index contributed by atoms with van der Waals surface area (Å²) >= 11 is 0. The molecule has 2 N–H and O–H groups in total. The predicted molar refractivity (Wildman–Crippen MR) is 145 cm³/mol. The molecule has 3 aromatic carbocycles. The molecule has 2 heterocycles. The number of carbonyl (C=O) groups is 1. The number of benzene rings is 3. The van der Waals surface area contributed by atoms with Gasteiger partial charge in [0.25, 0.3) is 0 Å². The summed E-state index contributed by atoms with van der Waals surface area (Å²) in [6.07, 6.45) is -4.94. The van der Waals surface area contributed by atoms with Crippen LogP contribution in [0.25, 0.3) is 33.6 Å². The molecule has 0 radical (unpaired) electrons. The second-order valence-electron chi connectivity index (χ2n) is 9.96. The van der Waals surface area contributed by atoms with Crippen molar-refractivity contribution in [3.8, 4) is 33.6 Å². The highest BCUT2D eigenvalue weighted by molar-refractivity contribution is 6.25. The number of alkyl halides is 3. The van der Waals surface area contributed by atoms with E-state index in [0.29, 0.717) is 59.8 Å². The number of nitrogens with two attached hydrogens (primary N) is 1. The average molecular weight is 548 g/mol. The Balaban J connectivity index is 1.29. The third kappa shape index (κ3) is 4.90. The van der Waals surface area contributed by atoms with Crippen LogP contribution in [-0.2, 0) is 0 Å². The maximum absolute atomic E-state index is 13.6. The second kappa shape index (κ2) is 10.0. The Morgan fingerprint density at radius 1 is 0.775 bits per heavy atom. The molecule has 40 heavy (non-hydrogen) atoms. The molecule has 0 spiro atoms. The van der Waals surface area contributed by atoms with E-state index in [4.69, 9.17) is 5.73 Å². The zero-order valence-electron chi connectivity index (χ0n) is 21.4. The molecule has 10 heteroatoms. The van der Waals surface area contributed by atoms with Crippen LogP contribution in [0.3, 0.4) is 0 Å². The van der Waals surface area contributed by atoms with Gasteiger partial charge in [-0.05, 0) is 47.5 Å². The van der Waals surface area contributed by atoms with Crippen LogP contribution in [0.1, 0.15) is 22.3 Å². The Kier molecular flexibility index (Phi) is 6.50. The van der Waals surface area contributed by atoms with Crippen LogP contribution in [0.4, 0.5) is 29.2 Å². The normalized spacial score (nSPS) is 15.3. The number of aromatic nitrogens is 2. The molecule has 0 amide bonds. The number of nitrogen functional groups attached to an aromatic ring is 1. The number of nitrogens with zero attached hydrogens (tertiary/aromatic N) is 4. The van der Waals surface area contributed by atoms with Crippen molar-refractivity contribution in [3.05, 3.63) is 83.7 Å². The summed E-state index contributed by atoms with van der Waals surface area (Å²) in [5.41, 5.74) is 11.6. The molecule has 1 aliphatic heterocycles. The van der Waals surface area contributed by atoms with Gasteiger partial charge in [0.1, 0.15) is 5.82 Å². The molecule has 0 atom stereocenters. The number of halogens is 4. The second-order valence-corrected chi connectivity index (χ2v) is 9.96. The Hall–Kier alpha value is -4.31. The number of hydrogen-bond donors (Lipinski definition) is 1. The first-order valence-electron chi connectivity index (χ1n) is 12.9. The number of anilines is 2. The van der Waals surface area contributed by atoms with Gasteiger partial charge in [0.2, 0.25) is 5.95 Å². The molecule has 6 rings (SSSR count). The largest absolute Gasteiger partial charge is 0.390 e. The first-order chi connectivity index (χ1) is 19.2. The highest BCUT2D eigenvalue weighted by Crippen LogP contribution is 2.45. The maximum Gasteiger partial charge on any atom is 0.390 e. The minimum atomic E-state index is -4.14. The SMILES string of the molecule is Nc1nc(-c2ccc(F)cc2)c2c(n1)-c1c(cccc1-c1ccc(N3CCN(CCC(F)(F)F)CC3)cc1)C2=O. The summed E-state index contributed by atoms with van der Waals surface area (Å²) < 4.78 is 51.3. The van der Waals surface area contributed by atoms with Crippen LogP contribution in [0.2, 0.25) is 0 Å². The Morgan fingerprint density at radius 2 is 1.40 bits per heavy atom. The van der Waals surface area contributed by atoms with Gasteiger partial charge in [0.05, 0.1) is 23.4 Å². The van der Waals surface area contributed by atoms with Gasteiger partial charge in [-0.25, -0.2) is 14.4 Å². The van der Waals surface area contributed by atoms with Crippen molar-refractivity contribution < 1.29 is 22.4 Å². The molecule has 0 saturated carbocycles. The number of hydrogen-bond acceptors (Lipinski definition) is 6. The lowest BCUT2D eigenvalue weighted by Gasteiger charge is -2.36. The number of piperazine rings is 1. The highest BCUT2D eigenvalue weighted by Gasteiger charge is 2.34. The van der Waals surface area contributed by atoms with Crippen molar-refractivity contribution in [2.24, 2.45) is 0 Å². The summed E-state index contributed by atoms with van der Waals surface area (Å²) in [7, 11) is 0. The average Bonchev–Trinajstić information content (AvgIpc) is 3.23. The molecule has 1 fully saturated rings. The monoisotopic (exact) mass is 547 g/mol. The topological polar surface area (TPSA) is 75.3 Å². The predicted octanol–water partition coefficient (Wildman–Crippen LogP) is 5.82. The van der Waals surface area contributed by atoms with Crippen LogP contribution in [0, 0.1) is 5.82 Å². The molecule has 1 saturated heterocycles. The van der Waals surface area contributed by atoms with Crippen LogP contribution in [0.15, 0.2) is 66.7 Å². The number of carbonyl (C=O) groups excluding carboxylic acids is 1. The zero-order chi connectivity index (χ0) is 28.0. The molecule has 0 bridgehead atoms. The van der Waals surface area contributed by atoms with Gasteiger partial charge >= 0.3 is 6.18 Å². The van der Waals surface area contributed by atoms with Gasteiger partial charge < -0.3 is 10.6 Å². The summed E-state index contributed by atoms with van der Waals surface area (Å²) in [6.45, 7) is 2.44. The molecule has 1 aromatic heterocycles. The van der Waals surface area contributed by atoms with E-state index < -0.39 is 18.4 Å². The van der Waals surface area contributed by atoms with E-state index in [1.54, 1.807) is 18.2 Å². The summed E-state index contributed by atoms with van der Waals surface area (Å²) in [6, 6.07) is 19.1. The fourth-order valence-corrected chi connectivity index (χ4v) is 5.43. The molecule has 4 aromatic rings. The molecule has 0 unspecified atom stereocenters. The van der Waals surface area contributed by atoms with E-state index in [1.165, 1.54) is 12.1 Å². The van der Waals surface area contributed by atoms with Gasteiger partial charge in [0, 0.05) is 55.1 Å². The third-order valence-corrected chi connectivity index (χ3v) is 7.44. The van der Waals surface area contributed by atoms with Gasteiger partial charge in [-0.2, -0.15) is 13.2 Å². The van der Waals surface area contributed by atoms with E-state index in [2.05, 4.69) is 14.9 Å². The molecule has 6 nitrogen and oxygen atoms in total. The number of fused-ring (bicyclic) bond motifs is 3. The summed E-state index contributed by atoms with van der Waals surface area (Å²) in [4.78, 5) is 26.3. The molecule has 2 aliphatic rings. The molecule has 1 aliphatic carbocycles. The van der Waals surface area contributed by atoms with Crippen LogP contribution in [-0.4, -0.2) is 59.6 Å². The smallest absolute Gasteiger partial charge is 0.369 e. The van der Waals surface area contributed by atoms with E-state index >= 15 is 0 Å². The quantitative estimate of drug-likeness (QED) is 0.280. The van der Waals surface area contributed by atoms with E-state index in [0.717, 1.165) is 16.8 Å². The van der Waals surface area contributed by atoms with E-state index in [1.807, 2.05) is 41.3 Å². The minimum Gasteiger partial charge on any atom is -0.369 e. The molecule has 204 valence electrons. The van der Waals surface area contributed by atoms with Crippen molar-refractivity contribution in [2.45, 2.75) is 12.6 Å². The van der Waals surface area contributed by atoms with Gasteiger partial charge in [-0.1, -0.05) is 30.3 Å². The first kappa shape index (κ1) is 25.9. The minimum absolute atomic E-state index is 0.0123. The van der Waals surface area contributed by atoms with Crippen molar-refractivity contribution in [1.29, 1.82) is 0 Å². The van der Waals surface area contributed by atoms with Crippen molar-refractivity contribution >= 4 is 17.4 Å². The maximum atomic E-state index is 13.6. The van der Waals surface area contributed by atoms with Gasteiger partial charge in [-0.3, -0.25) is 9.69 Å². The Labute approximate surface area is 228 Å². The lowest BCUT2D eigenvalue weighted by molar-refractivity contribution is -0.138. The van der Waals surface area contributed by atoms with Gasteiger partial charge in [-0.15, -0.1) is 0 Å². The lowest BCUT2D eigenvalue weighted by atomic mass is 9.96. The van der Waals surface area contributed by atoms with Crippen LogP contribution >= 0.6 is 0 Å². The zero-order valence-corrected chi connectivity index (χ0v) is 21.4. The van der Waals surface area contributed by atoms with E-state index in [-0.39, 0.29) is 18.3 Å². The fraction of sp³-hybridized carbons (Fsp3) is 0.233. The molecular formula is C30H25F4N5O. The van der Waals surface area contributed by atoms with E-state index in [9.17, 15) is 22.4 Å². The Bertz CT molecular complexity index is 1580. The highest BCUT2D eigenvalue weighted by atomic mass is 19.4. The van der Waals surface area contributed by atoms with Crippen LogP contribution in [0.5, 0.6) is 0 Å². The summed E-state index contributed by atoms with van der Waals surface area (Å²) in [5, 5.41) is 0. The van der Waals surface area contributed by atoms with Gasteiger partial charge in [0.15, 0.2) is 5.78 Å². The summed E-state index contributed by atoms with van der Waals surface area (Å²) in [5.74, 6) is -0.601. The Morgan fingerprint density at radius 3 is 2.08 bits per heavy atom. The van der Waals surface area contributed by atoms with Crippen LogP contribution < -0.4 is 10.6 Å². The number of ketones is 1. The first-order valence-corrected chi connectivity index (χ1v) is 12.9. The standard InChI is InChI=1S/C30H25F4N5O/c31-20-8-4-19(5-9-20)26-25-27(37-29(35)36-26)24-22(2-1-3-23(24)28(25)40)18-6-10-21(11-7-18)39-16-14-38(15-17-39)13-12-30(32,33)34/h1-11H,12-17H2,(H2,35,36,37). The molecular weight excluding hydrogens is 522 g/mol. The van der Waals surface area contributed by atoms with Crippen molar-refractivity contribution in [1.82, 2.24) is 14.9 Å². The van der Waals surface area contributed by atoms with Crippen molar-refractivity contribution in [2.75, 3.05) is 43.4 Å². The fourth-order valence-electron chi connectivity index (χ4n) is 5.43. The van der Waals surface area contributed by atoms with Crippen molar-refractivity contribution in [3.63, 3.8) is 0 Å². The number of rotatable bonds is 5. The lowest BCUT2D eigenvalue weighted by Crippen LogP contribution is -2.47.